The SMILES string of the molecule is O=C(CSc1nnnn1C1CCCC1)N1CCN(S(=O)(=O)C=Cc2ccccc2)CC1. The quantitative estimate of drug-likeness (QED) is 0.580. The molecule has 1 aromatic carbocycles. The van der Waals surface area contributed by atoms with Gasteiger partial charge < -0.3 is 4.90 Å². The Kier molecular flexibility index (Phi) is 7.03. The van der Waals surface area contributed by atoms with E-state index in [0.717, 1.165) is 18.4 Å². The highest BCUT2D eigenvalue weighted by atomic mass is 32.2. The Labute approximate surface area is 186 Å². The second kappa shape index (κ2) is 9.92. The Morgan fingerprint density at radius 2 is 1.81 bits per heavy atom. The number of carbonyl (C=O) groups excluding carboxylic acids is 1. The van der Waals surface area contributed by atoms with E-state index < -0.39 is 10.0 Å². The number of nitrogens with zero attached hydrogens (tertiary/aromatic N) is 6. The van der Waals surface area contributed by atoms with Crippen molar-refractivity contribution in [1.29, 1.82) is 0 Å². The van der Waals surface area contributed by atoms with Crippen LogP contribution in [0.2, 0.25) is 0 Å². The molecule has 2 fully saturated rings. The van der Waals surface area contributed by atoms with Crippen LogP contribution in [0.5, 0.6) is 0 Å². The van der Waals surface area contributed by atoms with Crippen LogP contribution >= 0.6 is 11.8 Å². The lowest BCUT2D eigenvalue weighted by atomic mass is 10.2. The van der Waals surface area contributed by atoms with Crippen molar-refractivity contribution in [2.24, 2.45) is 0 Å². The largest absolute Gasteiger partial charge is 0.339 e. The van der Waals surface area contributed by atoms with Gasteiger partial charge in [0.1, 0.15) is 0 Å². The van der Waals surface area contributed by atoms with E-state index in [0.29, 0.717) is 24.3 Å². The van der Waals surface area contributed by atoms with Crippen molar-refractivity contribution < 1.29 is 13.2 Å². The molecule has 1 saturated carbocycles. The van der Waals surface area contributed by atoms with Crippen molar-refractivity contribution >= 4 is 33.8 Å². The van der Waals surface area contributed by atoms with E-state index in [1.165, 1.54) is 34.3 Å². The van der Waals surface area contributed by atoms with Gasteiger partial charge >= 0.3 is 0 Å². The summed E-state index contributed by atoms with van der Waals surface area (Å²) in [6.45, 7) is 1.34. The molecule has 2 heterocycles. The van der Waals surface area contributed by atoms with Crippen LogP contribution in [0.1, 0.15) is 37.3 Å². The molecule has 11 heteroatoms. The number of piperazine rings is 1. The predicted molar refractivity (Wildman–Crippen MR) is 119 cm³/mol. The molecule has 1 aromatic heterocycles. The Balaban J connectivity index is 1.27. The van der Waals surface area contributed by atoms with Crippen LogP contribution in [-0.2, 0) is 14.8 Å². The van der Waals surface area contributed by atoms with E-state index in [1.54, 1.807) is 11.0 Å². The molecule has 2 aromatic rings. The lowest BCUT2D eigenvalue weighted by molar-refractivity contribution is -0.129. The van der Waals surface area contributed by atoms with Gasteiger partial charge in [-0.05, 0) is 34.9 Å². The van der Waals surface area contributed by atoms with Crippen LogP contribution in [0.15, 0.2) is 40.9 Å². The number of rotatable bonds is 7. The average Bonchev–Trinajstić information content (AvgIpc) is 3.48. The van der Waals surface area contributed by atoms with Gasteiger partial charge in [-0.1, -0.05) is 54.9 Å². The van der Waals surface area contributed by atoms with Crippen LogP contribution in [-0.4, -0.2) is 75.7 Å². The monoisotopic (exact) mass is 462 g/mol. The first-order valence-electron chi connectivity index (χ1n) is 10.4. The molecule has 0 unspecified atom stereocenters. The van der Waals surface area contributed by atoms with Gasteiger partial charge in [0.2, 0.25) is 21.1 Å². The standard InChI is InChI=1S/C20H26N6O3S2/c27-19(16-30-20-21-22-23-26(20)18-8-4-5-9-18)24-11-13-25(14-12-24)31(28,29)15-10-17-6-2-1-3-7-17/h1-3,6-7,10,15,18H,4-5,8-9,11-14,16H2. The summed E-state index contributed by atoms with van der Waals surface area (Å²) in [6, 6.07) is 9.63. The molecule has 9 nitrogen and oxygen atoms in total. The molecule has 0 spiro atoms. The predicted octanol–water partition coefficient (Wildman–Crippen LogP) is 2.03. The first kappa shape index (κ1) is 22.0. The average molecular weight is 463 g/mol. The minimum Gasteiger partial charge on any atom is -0.339 e. The first-order valence-corrected chi connectivity index (χ1v) is 12.9. The Morgan fingerprint density at radius 3 is 2.52 bits per heavy atom. The number of aromatic nitrogens is 4. The molecule has 0 radical (unpaired) electrons. The maximum Gasteiger partial charge on any atom is 0.236 e. The summed E-state index contributed by atoms with van der Waals surface area (Å²) < 4.78 is 28.4. The minimum atomic E-state index is -3.51. The second-order valence-electron chi connectivity index (χ2n) is 7.67. The van der Waals surface area contributed by atoms with Gasteiger partial charge in [0, 0.05) is 31.6 Å². The highest BCUT2D eigenvalue weighted by Crippen LogP contribution is 2.31. The number of benzene rings is 1. The number of carbonyl (C=O) groups is 1. The van der Waals surface area contributed by atoms with E-state index in [9.17, 15) is 13.2 Å². The summed E-state index contributed by atoms with van der Waals surface area (Å²) in [4.78, 5) is 14.4. The summed E-state index contributed by atoms with van der Waals surface area (Å²) in [7, 11) is -3.51. The van der Waals surface area contributed by atoms with Gasteiger partial charge in [-0.3, -0.25) is 4.79 Å². The number of thioether (sulfide) groups is 1. The van der Waals surface area contributed by atoms with Crippen molar-refractivity contribution in [3.8, 4) is 0 Å². The number of amides is 1. The maximum atomic E-state index is 12.6. The molecular formula is C20H26N6O3S2. The van der Waals surface area contributed by atoms with Crippen LogP contribution in [0.4, 0.5) is 0 Å². The summed E-state index contributed by atoms with van der Waals surface area (Å²) >= 11 is 1.35. The summed E-state index contributed by atoms with van der Waals surface area (Å²) in [5, 5.41) is 13.8. The molecule has 4 rings (SSSR count). The number of tetrazole rings is 1. The molecule has 0 N–H and O–H groups in total. The fourth-order valence-corrected chi connectivity index (χ4v) is 5.90. The fraction of sp³-hybridized carbons (Fsp3) is 0.500. The van der Waals surface area contributed by atoms with Crippen molar-refractivity contribution in [1.82, 2.24) is 29.4 Å². The van der Waals surface area contributed by atoms with E-state index in [-0.39, 0.29) is 24.7 Å². The lowest BCUT2D eigenvalue weighted by Gasteiger charge is -2.33. The minimum absolute atomic E-state index is 0.0251. The Morgan fingerprint density at radius 1 is 1.10 bits per heavy atom. The van der Waals surface area contributed by atoms with Gasteiger partial charge in [0.05, 0.1) is 11.8 Å². The van der Waals surface area contributed by atoms with Crippen molar-refractivity contribution in [2.75, 3.05) is 31.9 Å². The molecule has 1 saturated heterocycles. The molecule has 1 aliphatic carbocycles. The Bertz CT molecular complexity index is 1010. The number of hydrogen-bond acceptors (Lipinski definition) is 7. The van der Waals surface area contributed by atoms with Gasteiger partial charge in [-0.2, -0.15) is 4.31 Å². The molecule has 0 bridgehead atoms. The molecule has 31 heavy (non-hydrogen) atoms. The van der Waals surface area contributed by atoms with Gasteiger partial charge in [0.15, 0.2) is 0 Å². The molecule has 1 amide bonds. The zero-order chi connectivity index (χ0) is 21.7. The summed E-state index contributed by atoms with van der Waals surface area (Å²) in [6.07, 6.45) is 6.10. The smallest absolute Gasteiger partial charge is 0.236 e. The highest BCUT2D eigenvalue weighted by Gasteiger charge is 2.28. The zero-order valence-corrected chi connectivity index (χ0v) is 18.8. The molecular weight excluding hydrogens is 436 g/mol. The van der Waals surface area contributed by atoms with Crippen LogP contribution in [0.3, 0.4) is 0 Å². The van der Waals surface area contributed by atoms with Gasteiger partial charge in [-0.15, -0.1) is 5.10 Å². The first-order chi connectivity index (χ1) is 15.0. The normalized spacial score (nSPS) is 18.8. The van der Waals surface area contributed by atoms with Gasteiger partial charge in [-0.25, -0.2) is 13.1 Å². The zero-order valence-electron chi connectivity index (χ0n) is 17.2. The van der Waals surface area contributed by atoms with Crippen molar-refractivity contribution in [3.05, 3.63) is 41.3 Å². The fourth-order valence-electron chi connectivity index (χ4n) is 3.88. The van der Waals surface area contributed by atoms with E-state index in [4.69, 9.17) is 0 Å². The maximum absolute atomic E-state index is 12.6. The highest BCUT2D eigenvalue weighted by molar-refractivity contribution is 7.99. The number of hydrogen-bond donors (Lipinski definition) is 0. The lowest BCUT2D eigenvalue weighted by Crippen LogP contribution is -2.50. The molecule has 166 valence electrons. The third-order valence-corrected chi connectivity index (χ3v) is 8.12. The second-order valence-corrected chi connectivity index (χ2v) is 10.4. The van der Waals surface area contributed by atoms with E-state index >= 15 is 0 Å². The van der Waals surface area contributed by atoms with E-state index in [1.807, 2.05) is 35.0 Å². The van der Waals surface area contributed by atoms with Gasteiger partial charge in [0.25, 0.3) is 0 Å². The van der Waals surface area contributed by atoms with Crippen LogP contribution < -0.4 is 0 Å². The molecule has 2 aliphatic rings. The van der Waals surface area contributed by atoms with Crippen molar-refractivity contribution in [3.63, 3.8) is 0 Å². The number of sulfonamides is 1. The van der Waals surface area contributed by atoms with Crippen LogP contribution in [0, 0.1) is 0 Å². The topological polar surface area (TPSA) is 101 Å². The Hall–Kier alpha value is -2.24. The summed E-state index contributed by atoms with van der Waals surface area (Å²) in [5.41, 5.74) is 0.830. The third-order valence-electron chi connectivity index (χ3n) is 5.64. The third kappa shape index (κ3) is 5.52. The van der Waals surface area contributed by atoms with E-state index in [2.05, 4.69) is 15.5 Å². The summed E-state index contributed by atoms with van der Waals surface area (Å²) in [5.74, 6) is 0.219. The van der Waals surface area contributed by atoms with Crippen molar-refractivity contribution in [2.45, 2.75) is 36.9 Å². The molecule has 1 aliphatic heterocycles. The molecule has 0 atom stereocenters. The van der Waals surface area contributed by atoms with Crippen LogP contribution in [0.25, 0.3) is 6.08 Å².